The lowest BCUT2D eigenvalue weighted by Gasteiger charge is -2.24. The molecule has 3 nitrogen and oxygen atoms in total. The Morgan fingerprint density at radius 3 is 1.57 bits per heavy atom. The topological polar surface area (TPSA) is 37.1 Å². The van der Waals surface area contributed by atoms with E-state index in [0.29, 0.717) is 0 Å². The minimum absolute atomic E-state index is 0.793. The van der Waals surface area contributed by atoms with Crippen molar-refractivity contribution in [3.8, 4) is 0 Å². The summed E-state index contributed by atoms with van der Waals surface area (Å²) < 4.78 is 12.6. The molecule has 0 unspecified atom stereocenters. The second-order valence-corrected chi connectivity index (χ2v) is 16.4. The number of hydrogen-bond acceptors (Lipinski definition) is 3. The van der Waals surface area contributed by atoms with E-state index in [1.54, 1.807) is 0 Å². The van der Waals surface area contributed by atoms with Gasteiger partial charge in [0.25, 0.3) is 11.8 Å². The van der Waals surface area contributed by atoms with Gasteiger partial charge in [-0.15, -0.1) is 0 Å². The van der Waals surface area contributed by atoms with Crippen LogP contribution >= 0.6 is 64.0 Å². The van der Waals surface area contributed by atoms with Gasteiger partial charge >= 0.3 is 0 Å². The van der Waals surface area contributed by atoms with Crippen molar-refractivity contribution < 1.29 is 0 Å². The first kappa shape index (κ1) is 13.9. The summed E-state index contributed by atoms with van der Waals surface area (Å²) >= 11 is 23.9. The first-order chi connectivity index (χ1) is 6.24. The van der Waals surface area contributed by atoms with Crippen molar-refractivity contribution in [2.24, 2.45) is 13.5 Å². The van der Waals surface area contributed by atoms with Gasteiger partial charge in [-0.05, 0) is 57.3 Å². The Hall–Kier alpha value is 1.85. The Morgan fingerprint density at radius 1 is 0.786 bits per heavy atom. The fraction of sp³-hybridized carbons (Fsp3) is 1.00. The van der Waals surface area contributed by atoms with Crippen LogP contribution in [0.1, 0.15) is 13.8 Å². The Kier molecular flexibility index (Phi) is 4.58. The number of nitrogens with zero attached hydrogens (tertiary/aromatic N) is 3. The van der Waals surface area contributed by atoms with Crippen molar-refractivity contribution in [3.05, 3.63) is 0 Å². The van der Waals surface area contributed by atoms with Crippen LogP contribution in [0.4, 0.5) is 0 Å². The maximum atomic E-state index is 5.97. The van der Waals surface area contributed by atoms with E-state index in [1.807, 2.05) is 13.8 Å². The normalized spacial score (nSPS) is 27.0. The van der Waals surface area contributed by atoms with Gasteiger partial charge in [-0.1, -0.05) is 13.8 Å². The monoisotopic (exact) mass is 333 g/mol. The van der Waals surface area contributed by atoms with Crippen LogP contribution in [0, 0.1) is 0 Å². The van der Waals surface area contributed by atoms with Gasteiger partial charge in [-0.2, -0.15) is 4.52 Å². The molecule has 0 atom stereocenters. The second kappa shape index (κ2) is 4.61. The summed E-state index contributed by atoms with van der Waals surface area (Å²) in [6.07, 6.45) is 1.59. The van der Waals surface area contributed by atoms with Crippen molar-refractivity contribution >= 4 is 64.0 Å². The fourth-order valence-electron chi connectivity index (χ4n) is 1.06. The zero-order valence-corrected chi connectivity index (χ0v) is 13.3. The molecule has 84 valence electrons. The van der Waals surface area contributed by atoms with E-state index in [1.165, 1.54) is 0 Å². The standard InChI is InChI=1S/C4H10Cl4N3P3/c1-3-12(4-2)9-13(5,6)11-14(7,8)10-12/h3-4H2,1-2H3. The quantitative estimate of drug-likeness (QED) is 0.487. The van der Waals surface area contributed by atoms with E-state index in [9.17, 15) is 0 Å². The molecule has 0 aromatic heterocycles. The molecule has 1 heterocycles. The Bertz CT molecular complexity index is 375. The predicted octanol–water partition coefficient (Wildman–Crippen LogP) is 7.00. The Labute approximate surface area is 103 Å². The molecule has 0 amide bonds. The first-order valence-corrected chi connectivity index (χ1v) is 13.0. The molecule has 1 rings (SSSR count). The minimum Gasteiger partial charge on any atom is -0.213 e. The van der Waals surface area contributed by atoms with E-state index in [0.717, 1.165) is 12.3 Å². The Morgan fingerprint density at radius 2 is 1.21 bits per heavy atom. The Balaban J connectivity index is 3.46. The number of hydrogen-bond donors (Lipinski definition) is 0. The third-order valence-corrected chi connectivity index (χ3v) is 14.8. The van der Waals surface area contributed by atoms with Crippen molar-refractivity contribution in [1.29, 1.82) is 0 Å². The highest BCUT2D eigenvalue weighted by molar-refractivity contribution is 8.21. The largest absolute Gasteiger partial charge is 0.255 e. The summed E-state index contributed by atoms with van der Waals surface area (Å²) in [5, 5.41) is 0. The summed E-state index contributed by atoms with van der Waals surface area (Å²) in [7, 11) is -1.87. The van der Waals surface area contributed by atoms with E-state index < -0.39 is 19.0 Å². The molecule has 0 saturated carbocycles. The maximum absolute atomic E-state index is 5.97. The molecule has 0 bridgehead atoms. The fourth-order valence-corrected chi connectivity index (χ4v) is 18.5. The van der Waals surface area contributed by atoms with Crippen molar-refractivity contribution in [2.45, 2.75) is 13.8 Å². The van der Waals surface area contributed by atoms with Crippen LogP contribution in [-0.2, 0) is 0 Å². The van der Waals surface area contributed by atoms with Gasteiger partial charge in [-0.3, -0.25) is 0 Å². The summed E-state index contributed by atoms with van der Waals surface area (Å²) in [5.41, 5.74) is 0. The van der Waals surface area contributed by atoms with E-state index in [2.05, 4.69) is 13.5 Å². The van der Waals surface area contributed by atoms with Crippen LogP contribution in [0.25, 0.3) is 0 Å². The molecule has 1 aliphatic rings. The molecule has 0 spiro atoms. The van der Waals surface area contributed by atoms with Crippen LogP contribution in [0.2, 0.25) is 0 Å². The smallest absolute Gasteiger partial charge is 0.213 e. The highest BCUT2D eigenvalue weighted by atomic mass is 35.9. The molecule has 0 fully saturated rings. The summed E-state index contributed by atoms with van der Waals surface area (Å²) in [6.45, 7) is 3.99. The van der Waals surface area contributed by atoms with Gasteiger partial charge in [0.1, 0.15) is 0 Å². The van der Waals surface area contributed by atoms with Gasteiger partial charge < -0.3 is 0 Å². The van der Waals surface area contributed by atoms with Gasteiger partial charge in [0, 0.05) is 0 Å². The van der Waals surface area contributed by atoms with E-state index in [-0.39, 0.29) is 0 Å². The molecule has 10 heteroatoms. The summed E-state index contributed by atoms with van der Waals surface area (Å²) in [4.78, 5) is 0. The second-order valence-electron chi connectivity index (χ2n) is 2.69. The van der Waals surface area contributed by atoms with Crippen molar-refractivity contribution in [2.75, 3.05) is 12.3 Å². The highest BCUT2D eigenvalue weighted by Crippen LogP contribution is 2.85. The van der Waals surface area contributed by atoms with E-state index in [4.69, 9.17) is 45.0 Å². The summed E-state index contributed by atoms with van der Waals surface area (Å²) in [5.74, 6) is -5.35. The number of rotatable bonds is 2. The van der Waals surface area contributed by atoms with Crippen LogP contribution in [0.3, 0.4) is 0 Å². The van der Waals surface area contributed by atoms with Crippen LogP contribution in [-0.4, -0.2) is 12.3 Å². The molecule has 14 heavy (non-hydrogen) atoms. The average molecular weight is 335 g/mol. The van der Waals surface area contributed by atoms with Gasteiger partial charge in [0.15, 0.2) is 0 Å². The predicted molar refractivity (Wildman–Crippen MR) is 72.5 cm³/mol. The van der Waals surface area contributed by atoms with Gasteiger partial charge in [-0.25, -0.2) is 9.03 Å². The molecule has 0 saturated heterocycles. The SMILES string of the molecule is CCP1(CC)=NP(Cl)(Cl)=NP(Cl)(Cl)=N1. The number of halogens is 4. The third-order valence-electron chi connectivity index (χ3n) is 1.78. The molecular weight excluding hydrogens is 325 g/mol. The van der Waals surface area contributed by atoms with Crippen molar-refractivity contribution in [3.63, 3.8) is 0 Å². The van der Waals surface area contributed by atoms with E-state index >= 15 is 0 Å². The molecule has 0 aromatic carbocycles. The molecular formula is C4H10Cl4N3P3. The molecule has 1 aliphatic heterocycles. The molecule has 0 radical (unpaired) electrons. The molecule has 0 aliphatic carbocycles. The zero-order chi connectivity index (χ0) is 11.0. The molecule has 0 aromatic rings. The lowest BCUT2D eigenvalue weighted by atomic mass is 11.0. The highest BCUT2D eigenvalue weighted by Gasteiger charge is 2.30. The van der Waals surface area contributed by atoms with Crippen LogP contribution in [0.5, 0.6) is 0 Å². The lowest BCUT2D eigenvalue weighted by molar-refractivity contribution is 1.36. The maximum Gasteiger partial charge on any atom is 0.255 e. The van der Waals surface area contributed by atoms with Crippen molar-refractivity contribution in [1.82, 2.24) is 0 Å². The molecule has 0 N–H and O–H groups in total. The average Bonchev–Trinajstić information content (AvgIpc) is 1.98. The zero-order valence-electron chi connectivity index (χ0n) is 7.61. The van der Waals surface area contributed by atoms with Crippen LogP contribution < -0.4 is 0 Å². The van der Waals surface area contributed by atoms with Gasteiger partial charge in [0.05, 0.1) is 7.21 Å². The lowest BCUT2D eigenvalue weighted by Crippen LogP contribution is -1.86. The van der Waals surface area contributed by atoms with Crippen LogP contribution in [0.15, 0.2) is 13.5 Å². The van der Waals surface area contributed by atoms with Gasteiger partial charge in [0.2, 0.25) is 0 Å². The summed E-state index contributed by atoms with van der Waals surface area (Å²) in [6, 6.07) is 0. The minimum atomic E-state index is -2.68. The third kappa shape index (κ3) is 3.42. The first-order valence-electron chi connectivity index (χ1n) is 3.92.